The fraction of sp³-hybridized carbons (Fsp3) is 0.300. The monoisotopic (exact) mass is 367 g/mol. The summed E-state index contributed by atoms with van der Waals surface area (Å²) >= 11 is 0. The number of benzene rings is 1. The summed E-state index contributed by atoms with van der Waals surface area (Å²) in [5.74, 6) is -0.743. The molecule has 1 aromatic heterocycles. The highest BCUT2D eigenvalue weighted by molar-refractivity contribution is 6.06. The molecule has 0 aliphatic carbocycles. The Hall–Kier alpha value is -3.06. The first-order valence-corrected chi connectivity index (χ1v) is 8.81. The smallest absolute Gasteiger partial charge is 0.269 e. The summed E-state index contributed by atoms with van der Waals surface area (Å²) in [6.45, 7) is 2.64. The number of carbonyl (C=O) groups is 3. The number of pyridine rings is 1. The second-order valence-corrected chi connectivity index (χ2v) is 6.36. The summed E-state index contributed by atoms with van der Waals surface area (Å²) in [5.41, 5.74) is 1.63. The Kier molecular flexibility index (Phi) is 5.93. The van der Waals surface area contributed by atoms with Gasteiger partial charge in [-0.05, 0) is 56.2 Å². The van der Waals surface area contributed by atoms with Gasteiger partial charge in [0.2, 0.25) is 0 Å². The standard InChI is InChI=1S/C20H21N3O4/c1-13(24)14-4-6-16(7-5-14)23-19(25)15-8-9-21-18(11-15)20(26)22-12-17-3-2-10-27-17/h4-9,11,17H,2-3,10,12H2,1H3,(H,22,26)(H,23,25). The van der Waals surface area contributed by atoms with Crippen LogP contribution in [0, 0.1) is 0 Å². The molecule has 0 radical (unpaired) electrons. The second kappa shape index (κ2) is 8.55. The zero-order chi connectivity index (χ0) is 19.2. The van der Waals surface area contributed by atoms with Gasteiger partial charge in [-0.25, -0.2) is 0 Å². The minimum Gasteiger partial charge on any atom is -0.376 e. The highest BCUT2D eigenvalue weighted by atomic mass is 16.5. The van der Waals surface area contributed by atoms with Gasteiger partial charge in [-0.15, -0.1) is 0 Å². The lowest BCUT2D eigenvalue weighted by Crippen LogP contribution is -2.32. The van der Waals surface area contributed by atoms with Crippen LogP contribution < -0.4 is 10.6 Å². The average molecular weight is 367 g/mol. The molecular weight excluding hydrogens is 346 g/mol. The fourth-order valence-electron chi connectivity index (χ4n) is 2.79. The molecule has 0 saturated carbocycles. The maximum Gasteiger partial charge on any atom is 0.269 e. The van der Waals surface area contributed by atoms with E-state index in [0.717, 1.165) is 19.4 Å². The lowest BCUT2D eigenvalue weighted by molar-refractivity contribution is 0.0853. The number of nitrogens with zero attached hydrogens (tertiary/aromatic N) is 1. The Bertz CT molecular complexity index is 843. The zero-order valence-corrected chi connectivity index (χ0v) is 15.0. The molecule has 1 unspecified atom stereocenters. The lowest BCUT2D eigenvalue weighted by atomic mass is 10.1. The van der Waals surface area contributed by atoms with Gasteiger partial charge in [0, 0.05) is 36.2 Å². The summed E-state index contributed by atoms with van der Waals surface area (Å²) in [6.07, 6.45) is 3.40. The molecule has 2 amide bonds. The molecule has 2 heterocycles. The highest BCUT2D eigenvalue weighted by Gasteiger charge is 2.18. The van der Waals surface area contributed by atoms with E-state index in [1.807, 2.05) is 0 Å². The van der Waals surface area contributed by atoms with Crippen molar-refractivity contribution in [3.63, 3.8) is 0 Å². The van der Waals surface area contributed by atoms with Crippen LogP contribution in [0.5, 0.6) is 0 Å². The van der Waals surface area contributed by atoms with Crippen LogP contribution in [0.25, 0.3) is 0 Å². The number of hydrogen-bond donors (Lipinski definition) is 2. The van der Waals surface area contributed by atoms with E-state index in [-0.39, 0.29) is 29.4 Å². The number of Topliss-reactive ketones (excluding diaryl/α,β-unsaturated/α-hetero) is 1. The predicted octanol–water partition coefficient (Wildman–Crippen LogP) is 2.45. The number of rotatable bonds is 6. The second-order valence-electron chi connectivity index (χ2n) is 6.36. The molecule has 0 bridgehead atoms. The van der Waals surface area contributed by atoms with E-state index >= 15 is 0 Å². The summed E-state index contributed by atoms with van der Waals surface area (Å²) < 4.78 is 5.47. The number of aromatic nitrogens is 1. The van der Waals surface area contributed by atoms with E-state index in [9.17, 15) is 14.4 Å². The molecule has 1 fully saturated rings. The summed E-state index contributed by atoms with van der Waals surface area (Å²) in [6, 6.07) is 9.60. The van der Waals surface area contributed by atoms with Gasteiger partial charge in [0.25, 0.3) is 11.8 Å². The van der Waals surface area contributed by atoms with Gasteiger partial charge in [-0.3, -0.25) is 19.4 Å². The molecule has 2 aromatic rings. The van der Waals surface area contributed by atoms with E-state index in [2.05, 4.69) is 15.6 Å². The van der Waals surface area contributed by atoms with Gasteiger partial charge < -0.3 is 15.4 Å². The van der Waals surface area contributed by atoms with Crippen molar-refractivity contribution in [2.45, 2.75) is 25.9 Å². The van der Waals surface area contributed by atoms with Crippen molar-refractivity contribution in [3.05, 3.63) is 59.4 Å². The highest BCUT2D eigenvalue weighted by Crippen LogP contribution is 2.13. The number of ketones is 1. The van der Waals surface area contributed by atoms with E-state index in [4.69, 9.17) is 4.74 Å². The van der Waals surface area contributed by atoms with Crippen molar-refractivity contribution in [2.24, 2.45) is 0 Å². The number of hydrogen-bond acceptors (Lipinski definition) is 5. The van der Waals surface area contributed by atoms with Gasteiger partial charge in [0.15, 0.2) is 5.78 Å². The third-order valence-electron chi connectivity index (χ3n) is 4.32. The van der Waals surface area contributed by atoms with E-state index in [0.29, 0.717) is 23.4 Å². The molecule has 1 atom stereocenters. The maximum atomic E-state index is 12.4. The van der Waals surface area contributed by atoms with Crippen LogP contribution >= 0.6 is 0 Å². The zero-order valence-electron chi connectivity index (χ0n) is 15.0. The van der Waals surface area contributed by atoms with E-state index in [1.54, 1.807) is 24.3 Å². The van der Waals surface area contributed by atoms with Gasteiger partial charge in [0.1, 0.15) is 5.69 Å². The van der Waals surface area contributed by atoms with Crippen molar-refractivity contribution in [3.8, 4) is 0 Å². The normalized spacial score (nSPS) is 16.0. The molecule has 0 spiro atoms. The molecule has 1 aromatic carbocycles. The van der Waals surface area contributed by atoms with E-state index < -0.39 is 0 Å². The van der Waals surface area contributed by atoms with Gasteiger partial charge in [-0.1, -0.05) is 0 Å². The molecule has 27 heavy (non-hydrogen) atoms. The Morgan fingerprint density at radius 3 is 2.56 bits per heavy atom. The number of nitrogens with one attached hydrogen (secondary N) is 2. The summed E-state index contributed by atoms with van der Waals surface area (Å²) in [7, 11) is 0. The Balaban J connectivity index is 1.62. The first kappa shape index (κ1) is 18.7. The van der Waals surface area contributed by atoms with Crippen molar-refractivity contribution in [1.29, 1.82) is 0 Å². The Labute approximate surface area is 157 Å². The maximum absolute atomic E-state index is 12.4. The molecule has 7 heteroatoms. The van der Waals surface area contributed by atoms with Crippen LogP contribution in [0.15, 0.2) is 42.6 Å². The molecule has 7 nitrogen and oxygen atoms in total. The number of carbonyl (C=O) groups excluding carboxylic acids is 3. The first-order chi connectivity index (χ1) is 13.0. The molecular formula is C20H21N3O4. The Morgan fingerprint density at radius 1 is 1.11 bits per heavy atom. The van der Waals surface area contributed by atoms with Crippen molar-refractivity contribution >= 4 is 23.3 Å². The number of ether oxygens (including phenoxy) is 1. The third kappa shape index (κ3) is 4.98. The van der Waals surface area contributed by atoms with Gasteiger partial charge in [0.05, 0.1) is 6.10 Å². The number of anilines is 1. The van der Waals surface area contributed by atoms with Crippen molar-refractivity contribution in [2.75, 3.05) is 18.5 Å². The van der Waals surface area contributed by atoms with Crippen LogP contribution in [0.4, 0.5) is 5.69 Å². The Morgan fingerprint density at radius 2 is 1.89 bits per heavy atom. The SMILES string of the molecule is CC(=O)c1ccc(NC(=O)c2ccnc(C(=O)NCC3CCCO3)c2)cc1. The van der Waals surface area contributed by atoms with Crippen molar-refractivity contribution < 1.29 is 19.1 Å². The van der Waals surface area contributed by atoms with E-state index in [1.165, 1.54) is 25.3 Å². The summed E-state index contributed by atoms with van der Waals surface area (Å²) in [5, 5.41) is 5.52. The van der Waals surface area contributed by atoms with Crippen LogP contribution in [0.1, 0.15) is 51.0 Å². The third-order valence-corrected chi connectivity index (χ3v) is 4.32. The molecule has 2 N–H and O–H groups in total. The summed E-state index contributed by atoms with van der Waals surface area (Å²) in [4.78, 5) is 40.0. The quantitative estimate of drug-likeness (QED) is 0.765. The molecule has 1 saturated heterocycles. The number of amides is 2. The van der Waals surface area contributed by atoms with Crippen LogP contribution in [0.3, 0.4) is 0 Å². The lowest BCUT2D eigenvalue weighted by Gasteiger charge is -2.11. The van der Waals surface area contributed by atoms with Crippen LogP contribution in [-0.2, 0) is 4.74 Å². The van der Waals surface area contributed by atoms with Gasteiger partial charge >= 0.3 is 0 Å². The fourth-order valence-corrected chi connectivity index (χ4v) is 2.79. The van der Waals surface area contributed by atoms with Crippen LogP contribution in [0.2, 0.25) is 0 Å². The molecule has 3 rings (SSSR count). The molecule has 1 aliphatic heterocycles. The molecule has 140 valence electrons. The topological polar surface area (TPSA) is 97.4 Å². The largest absolute Gasteiger partial charge is 0.376 e. The van der Waals surface area contributed by atoms with Crippen molar-refractivity contribution in [1.82, 2.24) is 10.3 Å². The average Bonchev–Trinajstić information content (AvgIpc) is 3.20. The predicted molar refractivity (Wildman–Crippen MR) is 99.9 cm³/mol. The first-order valence-electron chi connectivity index (χ1n) is 8.81. The van der Waals surface area contributed by atoms with Crippen LogP contribution in [-0.4, -0.2) is 41.8 Å². The minimum absolute atomic E-state index is 0.0402. The minimum atomic E-state index is -0.360. The molecule has 1 aliphatic rings. The van der Waals surface area contributed by atoms with Gasteiger partial charge in [-0.2, -0.15) is 0 Å².